The lowest BCUT2D eigenvalue weighted by Crippen LogP contribution is -2.49. The second-order valence-corrected chi connectivity index (χ2v) is 7.97. The van der Waals surface area contributed by atoms with Gasteiger partial charge in [0, 0.05) is 31.6 Å². The Balaban J connectivity index is 1.47. The zero-order valence-corrected chi connectivity index (χ0v) is 17.7. The topological polar surface area (TPSA) is 72.1 Å². The van der Waals surface area contributed by atoms with Crippen LogP contribution in [0.5, 0.6) is 5.75 Å². The number of morpholine rings is 1. The van der Waals surface area contributed by atoms with Crippen molar-refractivity contribution in [3.63, 3.8) is 0 Å². The van der Waals surface area contributed by atoms with Crippen LogP contribution in [0.3, 0.4) is 0 Å². The van der Waals surface area contributed by atoms with Crippen LogP contribution in [0, 0.1) is 5.92 Å². The van der Waals surface area contributed by atoms with Crippen LogP contribution >= 0.6 is 0 Å². The van der Waals surface area contributed by atoms with Gasteiger partial charge in [-0.1, -0.05) is 18.2 Å². The van der Waals surface area contributed by atoms with E-state index in [0.717, 1.165) is 25.4 Å². The fraction of sp³-hybridized carbons (Fsp3) is 0.522. The molecule has 2 aromatic carbocycles. The van der Waals surface area contributed by atoms with Crippen LogP contribution in [0.2, 0.25) is 0 Å². The quantitative estimate of drug-likeness (QED) is 0.675. The van der Waals surface area contributed by atoms with E-state index < -0.39 is 0 Å². The molecule has 0 spiro atoms. The number of methoxy groups -OCH3 is 1. The molecule has 3 atom stereocenters. The smallest absolute Gasteiger partial charge is 0.307 e. The highest BCUT2D eigenvalue weighted by atomic mass is 16.5. The zero-order valence-electron chi connectivity index (χ0n) is 17.7. The first-order valence-electron chi connectivity index (χ1n) is 10.7. The number of fused-ring (bicyclic) bond motifs is 1. The van der Waals surface area contributed by atoms with E-state index in [4.69, 9.17) is 14.2 Å². The molecule has 2 aliphatic rings. The van der Waals surface area contributed by atoms with Crippen molar-refractivity contribution in [1.29, 1.82) is 0 Å². The second-order valence-electron chi connectivity index (χ2n) is 7.97. The van der Waals surface area contributed by atoms with E-state index in [1.165, 1.54) is 16.3 Å². The molecule has 0 aliphatic carbocycles. The van der Waals surface area contributed by atoms with E-state index in [0.29, 0.717) is 32.2 Å². The van der Waals surface area contributed by atoms with Gasteiger partial charge in [-0.3, -0.25) is 15.1 Å². The molecule has 2 aromatic rings. The summed E-state index contributed by atoms with van der Waals surface area (Å²) in [6.07, 6.45) is 0.379. The monoisotopic (exact) mass is 413 g/mol. The normalized spacial score (nSPS) is 24.8. The highest BCUT2D eigenvalue weighted by molar-refractivity contribution is 5.84. The zero-order chi connectivity index (χ0) is 20.9. The Hall–Kier alpha value is -2.19. The molecule has 0 bridgehead atoms. The minimum atomic E-state index is -0.151. The number of hydrogen-bond donors (Lipinski definition) is 2. The maximum Gasteiger partial charge on any atom is 0.307 e. The molecule has 2 saturated heterocycles. The molecule has 162 valence electrons. The van der Waals surface area contributed by atoms with Crippen molar-refractivity contribution >= 4 is 16.7 Å². The Bertz CT molecular complexity index is 875. The molecule has 7 nitrogen and oxygen atoms in total. The van der Waals surface area contributed by atoms with E-state index >= 15 is 0 Å². The molecule has 7 heteroatoms. The third kappa shape index (κ3) is 4.75. The molecule has 0 radical (unpaired) electrons. The summed E-state index contributed by atoms with van der Waals surface area (Å²) in [6.45, 7) is 6.16. The van der Waals surface area contributed by atoms with Crippen LogP contribution in [0.15, 0.2) is 36.4 Å². The lowest BCUT2D eigenvalue weighted by atomic mass is 9.92. The summed E-state index contributed by atoms with van der Waals surface area (Å²) < 4.78 is 16.1. The maximum atomic E-state index is 12.0. The standard InChI is InChI=1S/C23H31N3O4/c1-3-30-22(27)12-20-15-29-9-8-26(20)14-19-13-24-25-23(19)18-5-4-17-11-21(28-2)7-6-16(17)10-18/h4-7,10-11,19-20,23-25H,3,8-9,12-15H2,1-2H3. The largest absolute Gasteiger partial charge is 0.497 e. The molecule has 2 fully saturated rings. The fourth-order valence-corrected chi connectivity index (χ4v) is 4.45. The SMILES string of the molecule is CCOC(=O)CC1COCCN1CC1CNNC1c1ccc2cc(OC)ccc2c1. The van der Waals surface area contributed by atoms with Gasteiger partial charge in [0.1, 0.15) is 5.75 Å². The van der Waals surface area contributed by atoms with Crippen molar-refractivity contribution in [3.8, 4) is 5.75 Å². The first-order chi connectivity index (χ1) is 14.7. The number of nitrogens with one attached hydrogen (secondary N) is 2. The van der Waals surface area contributed by atoms with Gasteiger partial charge in [-0.15, -0.1) is 0 Å². The first kappa shape index (κ1) is 21.1. The molecule has 0 amide bonds. The van der Waals surface area contributed by atoms with E-state index in [1.807, 2.05) is 13.0 Å². The molecule has 2 heterocycles. The average Bonchev–Trinajstić information content (AvgIpc) is 3.22. The fourth-order valence-electron chi connectivity index (χ4n) is 4.45. The number of hydrazine groups is 1. The second kappa shape index (κ2) is 9.75. The molecule has 3 unspecified atom stereocenters. The number of nitrogens with zero attached hydrogens (tertiary/aromatic N) is 1. The highest BCUT2D eigenvalue weighted by Gasteiger charge is 2.34. The summed E-state index contributed by atoms with van der Waals surface area (Å²) in [6, 6.07) is 13.0. The van der Waals surface area contributed by atoms with Gasteiger partial charge in [-0.05, 0) is 41.5 Å². The van der Waals surface area contributed by atoms with E-state index in [1.54, 1.807) is 7.11 Å². The molecule has 2 aliphatic heterocycles. The minimum absolute atomic E-state index is 0.0723. The van der Waals surface area contributed by atoms with Crippen molar-refractivity contribution in [1.82, 2.24) is 15.8 Å². The Kier molecular flexibility index (Phi) is 6.84. The Morgan fingerprint density at radius 1 is 1.23 bits per heavy atom. The van der Waals surface area contributed by atoms with Crippen molar-refractivity contribution in [3.05, 3.63) is 42.0 Å². The van der Waals surface area contributed by atoms with Gasteiger partial charge >= 0.3 is 5.97 Å². The molecule has 4 rings (SSSR count). The van der Waals surface area contributed by atoms with Crippen molar-refractivity contribution in [2.75, 3.05) is 46.6 Å². The van der Waals surface area contributed by atoms with Crippen molar-refractivity contribution in [2.24, 2.45) is 5.92 Å². The van der Waals surface area contributed by atoms with Crippen LogP contribution in [0.1, 0.15) is 24.9 Å². The van der Waals surface area contributed by atoms with Crippen LogP contribution < -0.4 is 15.6 Å². The molecular weight excluding hydrogens is 382 g/mol. The summed E-state index contributed by atoms with van der Waals surface area (Å²) in [5.41, 5.74) is 8.05. The number of carbonyl (C=O) groups is 1. The van der Waals surface area contributed by atoms with E-state index in [9.17, 15) is 4.79 Å². The average molecular weight is 414 g/mol. The van der Waals surface area contributed by atoms with E-state index in [-0.39, 0.29) is 18.1 Å². The lowest BCUT2D eigenvalue weighted by Gasteiger charge is -2.37. The highest BCUT2D eigenvalue weighted by Crippen LogP contribution is 2.30. The van der Waals surface area contributed by atoms with Gasteiger partial charge in [-0.25, -0.2) is 5.43 Å². The summed E-state index contributed by atoms with van der Waals surface area (Å²) in [4.78, 5) is 14.4. The Morgan fingerprint density at radius 2 is 2.07 bits per heavy atom. The van der Waals surface area contributed by atoms with Crippen molar-refractivity contribution < 1.29 is 19.0 Å². The number of benzene rings is 2. The Labute approximate surface area is 177 Å². The molecular formula is C23H31N3O4. The number of hydrogen-bond acceptors (Lipinski definition) is 7. The van der Waals surface area contributed by atoms with Crippen molar-refractivity contribution in [2.45, 2.75) is 25.4 Å². The molecule has 2 N–H and O–H groups in total. The van der Waals surface area contributed by atoms with Crippen LogP contribution in [-0.4, -0.2) is 63.5 Å². The predicted octanol–water partition coefficient (Wildman–Crippen LogP) is 2.27. The number of esters is 1. The predicted molar refractivity (Wildman–Crippen MR) is 115 cm³/mol. The summed E-state index contributed by atoms with van der Waals surface area (Å²) >= 11 is 0. The number of carbonyl (C=O) groups excluding carboxylic acids is 1. The summed E-state index contributed by atoms with van der Waals surface area (Å²) in [7, 11) is 1.69. The van der Waals surface area contributed by atoms with Gasteiger partial charge in [0.25, 0.3) is 0 Å². The lowest BCUT2D eigenvalue weighted by molar-refractivity contribution is -0.146. The summed E-state index contributed by atoms with van der Waals surface area (Å²) in [5, 5.41) is 2.37. The van der Waals surface area contributed by atoms with Gasteiger partial charge in [-0.2, -0.15) is 0 Å². The minimum Gasteiger partial charge on any atom is -0.497 e. The van der Waals surface area contributed by atoms with Gasteiger partial charge in [0.15, 0.2) is 0 Å². The third-order valence-electron chi connectivity index (χ3n) is 6.05. The van der Waals surface area contributed by atoms with Gasteiger partial charge in [0.05, 0.1) is 39.4 Å². The van der Waals surface area contributed by atoms with Crippen LogP contribution in [0.4, 0.5) is 0 Å². The van der Waals surface area contributed by atoms with Crippen LogP contribution in [0.25, 0.3) is 10.8 Å². The molecule has 30 heavy (non-hydrogen) atoms. The maximum absolute atomic E-state index is 12.0. The number of ether oxygens (including phenoxy) is 3. The van der Waals surface area contributed by atoms with E-state index in [2.05, 4.69) is 46.1 Å². The first-order valence-corrected chi connectivity index (χ1v) is 10.7. The summed E-state index contributed by atoms with van der Waals surface area (Å²) in [5.74, 6) is 1.11. The Morgan fingerprint density at radius 3 is 2.90 bits per heavy atom. The van der Waals surface area contributed by atoms with Gasteiger partial charge < -0.3 is 14.2 Å². The third-order valence-corrected chi connectivity index (χ3v) is 6.05. The number of rotatable bonds is 7. The molecule has 0 saturated carbocycles. The molecule has 0 aromatic heterocycles. The van der Waals surface area contributed by atoms with Crippen LogP contribution in [-0.2, 0) is 14.3 Å². The van der Waals surface area contributed by atoms with Gasteiger partial charge in [0.2, 0.25) is 0 Å².